The maximum Gasteiger partial charge on any atom is 0.226 e. The van der Waals surface area contributed by atoms with Gasteiger partial charge in [0.05, 0.1) is 18.3 Å². The van der Waals surface area contributed by atoms with Gasteiger partial charge in [-0.05, 0) is 38.0 Å². The molecule has 0 atom stereocenters. The van der Waals surface area contributed by atoms with Gasteiger partial charge in [0.15, 0.2) is 0 Å². The van der Waals surface area contributed by atoms with Crippen molar-refractivity contribution in [2.75, 3.05) is 25.1 Å². The monoisotopic (exact) mass is 380 g/mol. The van der Waals surface area contributed by atoms with Crippen LogP contribution in [0.3, 0.4) is 0 Å². The highest BCUT2D eigenvalue weighted by molar-refractivity contribution is 5.83. The van der Waals surface area contributed by atoms with Crippen LogP contribution in [0.2, 0.25) is 0 Å². The lowest BCUT2D eigenvalue weighted by molar-refractivity contribution is 0.407. The Hall–Kier alpha value is -2.73. The topological polar surface area (TPSA) is 50.3 Å². The van der Waals surface area contributed by atoms with E-state index in [9.17, 15) is 4.39 Å². The molecule has 0 saturated carbocycles. The molecule has 0 spiro atoms. The number of methoxy groups -OCH3 is 1. The third-order valence-corrected chi connectivity index (χ3v) is 5.40. The summed E-state index contributed by atoms with van der Waals surface area (Å²) in [5.41, 5.74) is 2.59. The summed E-state index contributed by atoms with van der Waals surface area (Å²) in [6, 6.07) is 13.2. The molecule has 28 heavy (non-hydrogen) atoms. The minimum atomic E-state index is -0.150. The minimum absolute atomic E-state index is 0.150. The van der Waals surface area contributed by atoms with E-state index in [0.29, 0.717) is 18.2 Å². The lowest BCUT2D eigenvalue weighted by atomic mass is 10.0. The van der Waals surface area contributed by atoms with E-state index in [4.69, 9.17) is 14.7 Å². The molecule has 1 aromatic heterocycles. The Labute approximate surface area is 164 Å². The molecule has 1 aliphatic heterocycles. The lowest BCUT2D eigenvalue weighted by Gasteiger charge is -2.32. The Bertz CT molecular complexity index is 970. The fraction of sp³-hybridized carbons (Fsp3) is 0.364. The predicted molar refractivity (Wildman–Crippen MR) is 109 cm³/mol. The molecule has 0 unspecified atom stereocenters. The molecule has 4 rings (SSSR count). The first kappa shape index (κ1) is 18.6. The molecule has 0 radical (unpaired) electrons. The maximum absolute atomic E-state index is 13.8. The maximum atomic E-state index is 13.8. The highest BCUT2D eigenvalue weighted by atomic mass is 19.1. The van der Waals surface area contributed by atoms with Crippen LogP contribution >= 0.6 is 0 Å². The van der Waals surface area contributed by atoms with Gasteiger partial charge in [0, 0.05) is 42.7 Å². The van der Waals surface area contributed by atoms with Gasteiger partial charge >= 0.3 is 0 Å². The average Bonchev–Trinajstić information content (AvgIpc) is 2.73. The Morgan fingerprint density at radius 2 is 1.93 bits per heavy atom. The molecular weight excluding hydrogens is 355 g/mol. The summed E-state index contributed by atoms with van der Waals surface area (Å²) in [4.78, 5) is 11.7. The van der Waals surface area contributed by atoms with Crippen molar-refractivity contribution in [3.63, 3.8) is 0 Å². The summed E-state index contributed by atoms with van der Waals surface area (Å²) >= 11 is 0. The number of anilines is 1. The number of ether oxygens (including phenoxy) is 1. The Morgan fingerprint density at radius 1 is 1.14 bits per heavy atom. The number of benzene rings is 2. The van der Waals surface area contributed by atoms with Crippen LogP contribution in [0, 0.1) is 12.7 Å². The molecule has 1 fully saturated rings. The van der Waals surface area contributed by atoms with Crippen LogP contribution in [0.4, 0.5) is 10.3 Å². The van der Waals surface area contributed by atoms with Crippen molar-refractivity contribution in [1.29, 1.82) is 0 Å². The zero-order valence-electron chi connectivity index (χ0n) is 16.3. The smallest absolute Gasteiger partial charge is 0.226 e. The number of aryl methyl sites for hydroxylation is 1. The Balaban J connectivity index is 1.41. The third-order valence-electron chi connectivity index (χ3n) is 5.40. The lowest BCUT2D eigenvalue weighted by Crippen LogP contribution is -2.43. The first-order chi connectivity index (χ1) is 13.6. The molecule has 5 nitrogen and oxygen atoms in total. The third kappa shape index (κ3) is 3.92. The average molecular weight is 380 g/mol. The Kier molecular flexibility index (Phi) is 5.39. The second-order valence-electron chi connectivity index (χ2n) is 7.23. The summed E-state index contributed by atoms with van der Waals surface area (Å²) < 4.78 is 19.1. The molecular formula is C22H25FN4O. The molecule has 0 aliphatic carbocycles. The van der Waals surface area contributed by atoms with Gasteiger partial charge in [0.1, 0.15) is 11.6 Å². The molecule has 1 aliphatic rings. The Morgan fingerprint density at radius 3 is 2.68 bits per heavy atom. The normalized spacial score (nSPS) is 15.2. The molecule has 2 heterocycles. The largest absolute Gasteiger partial charge is 0.497 e. The van der Waals surface area contributed by atoms with E-state index in [-0.39, 0.29) is 5.82 Å². The molecule has 2 aromatic carbocycles. The van der Waals surface area contributed by atoms with Crippen LogP contribution in [0.5, 0.6) is 5.75 Å². The summed E-state index contributed by atoms with van der Waals surface area (Å²) in [5.74, 6) is 1.42. The first-order valence-corrected chi connectivity index (χ1v) is 9.68. The number of rotatable bonds is 5. The molecule has 1 saturated heterocycles. The molecule has 3 aromatic rings. The van der Waals surface area contributed by atoms with Crippen molar-refractivity contribution in [3.8, 4) is 5.75 Å². The van der Waals surface area contributed by atoms with Gasteiger partial charge in [-0.25, -0.2) is 14.4 Å². The highest BCUT2D eigenvalue weighted by Gasteiger charge is 2.21. The van der Waals surface area contributed by atoms with Crippen molar-refractivity contribution in [2.24, 2.45) is 0 Å². The van der Waals surface area contributed by atoms with Gasteiger partial charge in [-0.1, -0.05) is 18.2 Å². The minimum Gasteiger partial charge on any atom is -0.497 e. The molecule has 1 N–H and O–H groups in total. The quantitative estimate of drug-likeness (QED) is 0.729. The van der Waals surface area contributed by atoms with Crippen molar-refractivity contribution in [1.82, 2.24) is 15.3 Å². The molecule has 0 bridgehead atoms. The SMILES string of the molecule is COc1ccc2c(C)nc(N3CCC(NCc4ccccc4F)CC3)nc2c1. The number of aromatic nitrogens is 2. The highest BCUT2D eigenvalue weighted by Crippen LogP contribution is 2.25. The van der Waals surface area contributed by atoms with Crippen molar-refractivity contribution < 1.29 is 9.13 Å². The van der Waals surface area contributed by atoms with Crippen LogP contribution in [0.1, 0.15) is 24.1 Å². The van der Waals surface area contributed by atoms with Crippen molar-refractivity contribution in [3.05, 3.63) is 59.5 Å². The predicted octanol–water partition coefficient (Wildman–Crippen LogP) is 3.84. The van der Waals surface area contributed by atoms with E-state index in [1.165, 1.54) is 6.07 Å². The molecule has 6 heteroatoms. The fourth-order valence-corrected chi connectivity index (χ4v) is 3.70. The van der Waals surface area contributed by atoms with E-state index >= 15 is 0 Å². The van der Waals surface area contributed by atoms with E-state index in [1.807, 2.05) is 37.3 Å². The van der Waals surface area contributed by atoms with Gasteiger partial charge in [0.25, 0.3) is 0 Å². The summed E-state index contributed by atoms with van der Waals surface area (Å²) in [5, 5.41) is 4.53. The van der Waals surface area contributed by atoms with Gasteiger partial charge in [0.2, 0.25) is 5.95 Å². The molecule has 0 amide bonds. The number of halogens is 1. The van der Waals surface area contributed by atoms with Gasteiger partial charge in [-0.3, -0.25) is 0 Å². The van der Waals surface area contributed by atoms with Crippen LogP contribution in [-0.2, 0) is 6.54 Å². The van der Waals surface area contributed by atoms with Crippen LogP contribution in [0.25, 0.3) is 10.9 Å². The zero-order chi connectivity index (χ0) is 19.5. The van der Waals surface area contributed by atoms with E-state index in [2.05, 4.69) is 10.2 Å². The fourth-order valence-electron chi connectivity index (χ4n) is 3.70. The number of fused-ring (bicyclic) bond motifs is 1. The van der Waals surface area contributed by atoms with Gasteiger partial charge in [-0.15, -0.1) is 0 Å². The van der Waals surface area contributed by atoms with Crippen LogP contribution in [0.15, 0.2) is 42.5 Å². The summed E-state index contributed by atoms with van der Waals surface area (Å²) in [6.07, 6.45) is 1.96. The summed E-state index contributed by atoms with van der Waals surface area (Å²) in [6.45, 7) is 4.33. The standard InChI is InChI=1S/C22H25FN4O/c1-15-19-8-7-18(28-2)13-21(19)26-22(25-15)27-11-9-17(10-12-27)24-14-16-5-3-4-6-20(16)23/h3-8,13,17,24H,9-12,14H2,1-2H3. The number of hydrogen-bond donors (Lipinski definition) is 1. The van der Waals surface area contributed by atoms with Crippen LogP contribution in [-0.4, -0.2) is 36.2 Å². The van der Waals surface area contributed by atoms with Crippen molar-refractivity contribution in [2.45, 2.75) is 32.4 Å². The number of hydrogen-bond acceptors (Lipinski definition) is 5. The van der Waals surface area contributed by atoms with E-state index in [1.54, 1.807) is 13.2 Å². The molecule has 146 valence electrons. The van der Waals surface area contributed by atoms with Gasteiger partial charge in [-0.2, -0.15) is 0 Å². The summed E-state index contributed by atoms with van der Waals surface area (Å²) in [7, 11) is 1.66. The van der Waals surface area contributed by atoms with Crippen molar-refractivity contribution >= 4 is 16.9 Å². The zero-order valence-corrected chi connectivity index (χ0v) is 16.3. The first-order valence-electron chi connectivity index (χ1n) is 9.68. The van der Waals surface area contributed by atoms with E-state index in [0.717, 1.165) is 54.2 Å². The second kappa shape index (κ2) is 8.10. The number of nitrogens with one attached hydrogen (secondary N) is 1. The number of nitrogens with zero attached hydrogens (tertiary/aromatic N) is 3. The number of piperidine rings is 1. The second-order valence-corrected chi connectivity index (χ2v) is 7.23. The van der Waals surface area contributed by atoms with E-state index < -0.39 is 0 Å². The van der Waals surface area contributed by atoms with Crippen LogP contribution < -0.4 is 15.0 Å². The van der Waals surface area contributed by atoms with Gasteiger partial charge < -0.3 is 15.0 Å².